The zero-order valence-corrected chi connectivity index (χ0v) is 12.9. The van der Waals surface area contributed by atoms with Gasteiger partial charge in [-0.05, 0) is 25.1 Å². The molecule has 0 aliphatic carbocycles. The monoisotopic (exact) mass is 330 g/mol. The molecule has 1 aromatic carbocycles. The van der Waals surface area contributed by atoms with Crippen LogP contribution in [0.5, 0.6) is 0 Å². The summed E-state index contributed by atoms with van der Waals surface area (Å²) >= 11 is 0. The third kappa shape index (κ3) is 2.79. The minimum absolute atomic E-state index is 0.0411. The van der Waals surface area contributed by atoms with Gasteiger partial charge in [-0.15, -0.1) is 0 Å². The van der Waals surface area contributed by atoms with Crippen LogP contribution in [0, 0.1) is 12.7 Å². The summed E-state index contributed by atoms with van der Waals surface area (Å²) in [6, 6.07) is 4.40. The van der Waals surface area contributed by atoms with Crippen molar-refractivity contribution in [2.45, 2.75) is 6.92 Å². The second-order valence-electron chi connectivity index (χ2n) is 5.21. The van der Waals surface area contributed by atoms with Crippen LogP contribution in [0.3, 0.4) is 0 Å². The molecule has 2 heterocycles. The van der Waals surface area contributed by atoms with E-state index in [-0.39, 0.29) is 18.8 Å². The quantitative estimate of drug-likeness (QED) is 0.798. The van der Waals surface area contributed by atoms with Crippen molar-refractivity contribution >= 4 is 17.5 Å². The fourth-order valence-electron chi connectivity index (χ4n) is 2.48. The number of halogens is 1. The summed E-state index contributed by atoms with van der Waals surface area (Å²) in [6.45, 7) is 1.37. The molecule has 2 N–H and O–H groups in total. The Morgan fingerprint density at radius 3 is 2.75 bits per heavy atom. The molecule has 0 unspecified atom stereocenters. The van der Waals surface area contributed by atoms with Crippen LogP contribution in [-0.2, 0) is 9.59 Å². The number of β-amino-alcohol motifs (C(OH)–C–C–N with tert-alkyl or cyclic N) is 1. The average Bonchev–Trinajstić information content (AvgIpc) is 3.07. The van der Waals surface area contributed by atoms with Crippen LogP contribution in [0.2, 0.25) is 0 Å². The highest BCUT2D eigenvalue weighted by atomic mass is 19.1. The van der Waals surface area contributed by atoms with Crippen molar-refractivity contribution in [2.24, 2.45) is 0 Å². The van der Waals surface area contributed by atoms with Gasteiger partial charge in [-0.1, -0.05) is 0 Å². The number of aromatic nitrogens is 2. The van der Waals surface area contributed by atoms with Gasteiger partial charge in [0.2, 0.25) is 0 Å². The molecule has 0 fully saturated rings. The highest BCUT2D eigenvalue weighted by molar-refractivity contribution is 6.17. The number of carbonyl (C=O) groups is 2. The molecule has 2 aromatic rings. The van der Waals surface area contributed by atoms with E-state index in [4.69, 9.17) is 5.11 Å². The van der Waals surface area contributed by atoms with E-state index in [9.17, 15) is 14.0 Å². The standard InChI is InChI=1S/C16H15FN4O3/c1-10-18-4-5-20(10)14-3-2-11(8-12(14)17)19-13-9-15(23)21(6-7-22)16(13)24/h2-5,8-9,19,22H,6-7H2,1H3. The van der Waals surface area contributed by atoms with Crippen molar-refractivity contribution in [2.75, 3.05) is 18.5 Å². The lowest BCUT2D eigenvalue weighted by atomic mass is 10.2. The van der Waals surface area contributed by atoms with E-state index in [1.807, 2.05) is 0 Å². The van der Waals surface area contributed by atoms with Gasteiger partial charge in [0.25, 0.3) is 11.8 Å². The van der Waals surface area contributed by atoms with E-state index >= 15 is 0 Å². The molecular formula is C16H15FN4O3. The first-order valence-electron chi connectivity index (χ1n) is 7.26. The highest BCUT2D eigenvalue weighted by Crippen LogP contribution is 2.22. The molecule has 1 aliphatic rings. The van der Waals surface area contributed by atoms with Crippen LogP contribution >= 0.6 is 0 Å². The topological polar surface area (TPSA) is 87.5 Å². The van der Waals surface area contributed by atoms with Crippen molar-refractivity contribution in [1.29, 1.82) is 0 Å². The third-order valence-electron chi connectivity index (χ3n) is 3.64. The number of hydrogen-bond acceptors (Lipinski definition) is 5. The lowest BCUT2D eigenvalue weighted by Crippen LogP contribution is -2.34. The van der Waals surface area contributed by atoms with Gasteiger partial charge in [0.05, 0.1) is 18.8 Å². The number of aliphatic hydroxyl groups excluding tert-OH is 1. The molecule has 8 heteroatoms. The molecule has 0 saturated carbocycles. The van der Waals surface area contributed by atoms with Gasteiger partial charge >= 0.3 is 0 Å². The molecule has 24 heavy (non-hydrogen) atoms. The molecular weight excluding hydrogens is 315 g/mol. The van der Waals surface area contributed by atoms with E-state index in [1.54, 1.807) is 36.0 Å². The van der Waals surface area contributed by atoms with Crippen molar-refractivity contribution < 1.29 is 19.1 Å². The Morgan fingerprint density at radius 2 is 2.12 bits per heavy atom. The zero-order chi connectivity index (χ0) is 17.3. The molecule has 0 radical (unpaired) electrons. The summed E-state index contributed by atoms with van der Waals surface area (Å²) in [7, 11) is 0. The SMILES string of the molecule is Cc1nccn1-c1ccc(NC2=CC(=O)N(CCO)C2=O)cc1F. The lowest BCUT2D eigenvalue weighted by Gasteiger charge is -2.14. The molecule has 124 valence electrons. The van der Waals surface area contributed by atoms with Crippen molar-refractivity contribution in [3.8, 4) is 5.69 Å². The number of imide groups is 1. The fourth-order valence-corrected chi connectivity index (χ4v) is 2.48. The van der Waals surface area contributed by atoms with Gasteiger partial charge in [-0.2, -0.15) is 0 Å². The van der Waals surface area contributed by atoms with Crippen LogP contribution < -0.4 is 5.32 Å². The Morgan fingerprint density at radius 1 is 1.33 bits per heavy atom. The largest absolute Gasteiger partial charge is 0.395 e. The first kappa shape index (κ1) is 15.9. The minimum Gasteiger partial charge on any atom is -0.395 e. The van der Waals surface area contributed by atoms with Crippen molar-refractivity contribution in [3.63, 3.8) is 0 Å². The predicted octanol–water partition coefficient (Wildman–Crippen LogP) is 0.977. The van der Waals surface area contributed by atoms with Crippen LogP contribution in [0.4, 0.5) is 10.1 Å². The Bertz CT molecular complexity index is 844. The van der Waals surface area contributed by atoms with Gasteiger partial charge in [-0.3, -0.25) is 14.5 Å². The summed E-state index contributed by atoms with van der Waals surface area (Å²) in [5, 5.41) is 11.6. The van der Waals surface area contributed by atoms with Crippen LogP contribution in [0.15, 0.2) is 42.4 Å². The molecule has 0 saturated heterocycles. The molecule has 2 amide bonds. The molecule has 3 rings (SSSR count). The van der Waals surface area contributed by atoms with Gasteiger partial charge in [0, 0.05) is 24.2 Å². The first-order valence-corrected chi connectivity index (χ1v) is 7.26. The summed E-state index contributed by atoms with van der Waals surface area (Å²) < 4.78 is 15.9. The molecule has 0 spiro atoms. The van der Waals surface area contributed by atoms with E-state index in [2.05, 4.69) is 10.3 Å². The number of rotatable bonds is 5. The number of aryl methyl sites for hydroxylation is 1. The van der Waals surface area contributed by atoms with E-state index < -0.39 is 17.6 Å². The number of benzene rings is 1. The van der Waals surface area contributed by atoms with E-state index in [0.717, 1.165) is 11.0 Å². The number of hydrogen-bond donors (Lipinski definition) is 2. The maximum Gasteiger partial charge on any atom is 0.277 e. The maximum atomic E-state index is 14.3. The van der Waals surface area contributed by atoms with Crippen LogP contribution in [0.1, 0.15) is 5.82 Å². The highest BCUT2D eigenvalue weighted by Gasteiger charge is 2.30. The lowest BCUT2D eigenvalue weighted by molar-refractivity contribution is -0.137. The second-order valence-corrected chi connectivity index (χ2v) is 5.21. The van der Waals surface area contributed by atoms with Gasteiger partial charge in [0.1, 0.15) is 17.3 Å². The first-order chi connectivity index (χ1) is 11.5. The Balaban J connectivity index is 1.81. The molecule has 0 bridgehead atoms. The van der Waals surface area contributed by atoms with Crippen LogP contribution in [0.25, 0.3) is 5.69 Å². The molecule has 1 aromatic heterocycles. The third-order valence-corrected chi connectivity index (χ3v) is 3.64. The normalized spacial score (nSPS) is 14.3. The Kier molecular flexibility index (Phi) is 4.13. The van der Waals surface area contributed by atoms with Crippen molar-refractivity contribution in [3.05, 3.63) is 54.0 Å². The number of amides is 2. The number of nitrogens with one attached hydrogen (secondary N) is 1. The van der Waals surface area contributed by atoms with E-state index in [0.29, 0.717) is 17.2 Å². The summed E-state index contributed by atoms with van der Waals surface area (Å²) in [4.78, 5) is 28.7. The number of aliphatic hydroxyl groups is 1. The fraction of sp³-hybridized carbons (Fsp3) is 0.188. The summed E-state index contributed by atoms with van der Waals surface area (Å²) in [6.07, 6.45) is 4.35. The smallest absolute Gasteiger partial charge is 0.277 e. The number of nitrogens with zero attached hydrogens (tertiary/aromatic N) is 3. The molecule has 1 aliphatic heterocycles. The Labute approximate surface area is 137 Å². The average molecular weight is 330 g/mol. The van der Waals surface area contributed by atoms with Gasteiger partial charge in [0.15, 0.2) is 0 Å². The maximum absolute atomic E-state index is 14.3. The number of carbonyl (C=O) groups excluding carboxylic acids is 2. The number of imidazole rings is 1. The van der Waals surface area contributed by atoms with Gasteiger partial charge < -0.3 is 15.0 Å². The second kappa shape index (κ2) is 6.25. The minimum atomic E-state index is -0.552. The summed E-state index contributed by atoms with van der Waals surface area (Å²) in [5.74, 6) is -0.911. The predicted molar refractivity (Wildman–Crippen MR) is 83.8 cm³/mol. The van der Waals surface area contributed by atoms with E-state index in [1.165, 1.54) is 6.07 Å². The van der Waals surface area contributed by atoms with Gasteiger partial charge in [-0.25, -0.2) is 9.37 Å². The zero-order valence-electron chi connectivity index (χ0n) is 12.9. The Hall–Kier alpha value is -3.00. The van der Waals surface area contributed by atoms with Crippen molar-refractivity contribution in [1.82, 2.24) is 14.5 Å². The molecule has 0 atom stereocenters. The molecule has 7 nitrogen and oxygen atoms in total. The number of anilines is 1. The summed E-state index contributed by atoms with van der Waals surface area (Å²) in [5.41, 5.74) is 0.715. The van der Waals surface area contributed by atoms with Crippen LogP contribution in [-0.4, -0.2) is 44.5 Å².